The Labute approximate surface area is 189 Å². The lowest BCUT2D eigenvalue weighted by atomic mass is 9.65. The van der Waals surface area contributed by atoms with E-state index in [1.54, 1.807) is 0 Å². The topological polar surface area (TPSA) is 72.8 Å². The van der Waals surface area contributed by atoms with Crippen LogP contribution in [0.15, 0.2) is 23.8 Å². The lowest BCUT2D eigenvalue weighted by Crippen LogP contribution is -2.43. The summed E-state index contributed by atoms with van der Waals surface area (Å²) in [5.41, 5.74) is -1.62. The fourth-order valence-corrected chi connectivity index (χ4v) is 5.02. The molecule has 0 aromatic rings. The summed E-state index contributed by atoms with van der Waals surface area (Å²) >= 11 is 0. The Bertz CT molecular complexity index is 878. The maximum atomic E-state index is 13.4. The minimum Gasteiger partial charge on any atom is -0.462 e. The van der Waals surface area contributed by atoms with E-state index in [-0.39, 0.29) is 30.1 Å². The quantitative estimate of drug-likeness (QED) is 0.632. The highest BCUT2D eigenvalue weighted by atomic mass is 16.6. The van der Waals surface area contributed by atoms with Crippen molar-refractivity contribution in [3.63, 3.8) is 0 Å². The fraction of sp³-hybridized carbons (Fsp3) is 0.760. The maximum Gasteiger partial charge on any atom is 0.311 e. The van der Waals surface area contributed by atoms with Gasteiger partial charge in [0.05, 0.1) is 17.9 Å². The van der Waals surface area contributed by atoms with Gasteiger partial charge in [-0.25, -0.2) is 0 Å². The first kappa shape index (κ1) is 16.1. The minimum absolute atomic E-state index is 0.000807. The Balaban J connectivity index is 1.88. The lowest BCUT2D eigenvalue weighted by molar-refractivity contribution is -0.166. The van der Waals surface area contributed by atoms with Gasteiger partial charge in [-0.3, -0.25) is 9.59 Å². The molecule has 5 nitrogen and oxygen atoms in total. The standard InChI is InChI=1S/C25H38O5/c1-6-25(4,5)24(28)30-21-12-15(2)11-17-8-7-16(3)20(23(17)21)10-9-19-13-18(26)14-22(27)29-19/h7-8,11,15-16,18-21,23,26H,6,9-10,12-14H2,1-5H3/t15-,16-,18+,19?,20-,21-,23-/m0/s1/i4D3,5D3. The Kier molecular flexibility index (Phi) is 4.96. The number of ether oxygens (including phenoxy) is 2. The molecule has 2 aliphatic carbocycles. The molecule has 0 amide bonds. The zero-order chi connectivity index (χ0) is 27.1. The van der Waals surface area contributed by atoms with Crippen molar-refractivity contribution in [2.75, 3.05) is 0 Å². The van der Waals surface area contributed by atoms with Crippen LogP contribution in [-0.4, -0.2) is 35.4 Å². The zero-order valence-electron chi connectivity index (χ0n) is 24.1. The second-order valence-corrected chi connectivity index (χ2v) is 9.27. The highest BCUT2D eigenvalue weighted by Crippen LogP contribution is 2.45. The van der Waals surface area contributed by atoms with Gasteiger partial charge >= 0.3 is 11.9 Å². The number of allylic oxidation sites excluding steroid dienone is 3. The van der Waals surface area contributed by atoms with Crippen molar-refractivity contribution in [2.45, 2.75) is 91.3 Å². The molecule has 1 fully saturated rings. The first-order valence-electron chi connectivity index (χ1n) is 14.1. The summed E-state index contributed by atoms with van der Waals surface area (Å²) in [5.74, 6) is -1.70. The van der Waals surface area contributed by atoms with Crippen molar-refractivity contribution in [3.05, 3.63) is 23.8 Å². The second kappa shape index (κ2) is 9.25. The molecule has 1 heterocycles. The maximum absolute atomic E-state index is 13.4. The largest absolute Gasteiger partial charge is 0.462 e. The molecule has 30 heavy (non-hydrogen) atoms. The molecule has 0 radical (unpaired) electrons. The van der Waals surface area contributed by atoms with Gasteiger partial charge in [0.15, 0.2) is 0 Å². The summed E-state index contributed by atoms with van der Waals surface area (Å²) < 4.78 is 58.9. The molecule has 0 bridgehead atoms. The molecule has 3 rings (SSSR count). The minimum atomic E-state index is -3.06. The van der Waals surface area contributed by atoms with E-state index >= 15 is 0 Å². The number of fused-ring (bicyclic) bond motifs is 1. The van der Waals surface area contributed by atoms with E-state index in [0.717, 1.165) is 5.57 Å². The SMILES string of the molecule is [2H]C([2H])([2H])C(CC)(C(=O)O[C@H]1C[C@@H](C)C=C2C=C[C@H](C)[C@H](CCC3C[C@@H](O)CC(=O)O3)[C@H]21)C([2H])([2H])[2H]. The number of aliphatic hydroxyl groups is 1. The smallest absolute Gasteiger partial charge is 0.311 e. The van der Waals surface area contributed by atoms with Crippen molar-refractivity contribution in [1.29, 1.82) is 0 Å². The lowest BCUT2D eigenvalue weighted by Gasteiger charge is -2.44. The van der Waals surface area contributed by atoms with Crippen LogP contribution in [-0.2, 0) is 19.1 Å². The molecule has 0 aromatic carbocycles. The van der Waals surface area contributed by atoms with Crippen LogP contribution < -0.4 is 0 Å². The van der Waals surface area contributed by atoms with Crippen molar-refractivity contribution in [2.24, 2.45) is 29.1 Å². The van der Waals surface area contributed by atoms with Crippen molar-refractivity contribution in [3.8, 4) is 0 Å². The molecule has 7 atom stereocenters. The van der Waals surface area contributed by atoms with Crippen LogP contribution in [0.2, 0.25) is 0 Å². The van der Waals surface area contributed by atoms with Gasteiger partial charge in [-0.2, -0.15) is 0 Å². The molecule has 1 unspecified atom stereocenters. The fourth-order valence-electron chi connectivity index (χ4n) is 5.02. The first-order valence-corrected chi connectivity index (χ1v) is 11.1. The van der Waals surface area contributed by atoms with Gasteiger partial charge in [-0.05, 0) is 62.7 Å². The van der Waals surface area contributed by atoms with E-state index in [9.17, 15) is 14.7 Å². The van der Waals surface area contributed by atoms with Gasteiger partial charge in [0.25, 0.3) is 0 Å². The van der Waals surface area contributed by atoms with Crippen molar-refractivity contribution in [1.82, 2.24) is 0 Å². The highest BCUT2D eigenvalue weighted by Gasteiger charge is 2.43. The number of hydrogen-bond acceptors (Lipinski definition) is 5. The Morgan fingerprint density at radius 1 is 1.33 bits per heavy atom. The summed E-state index contributed by atoms with van der Waals surface area (Å²) in [6.45, 7) is -0.698. The van der Waals surface area contributed by atoms with E-state index < -0.39 is 55.8 Å². The van der Waals surface area contributed by atoms with Gasteiger partial charge in [-0.1, -0.05) is 39.0 Å². The summed E-state index contributed by atoms with van der Waals surface area (Å²) in [7, 11) is 0. The predicted molar refractivity (Wildman–Crippen MR) is 115 cm³/mol. The van der Waals surface area contributed by atoms with Gasteiger partial charge in [0.1, 0.15) is 12.2 Å². The van der Waals surface area contributed by atoms with E-state index in [4.69, 9.17) is 17.7 Å². The molecule has 1 N–H and O–H groups in total. The van der Waals surface area contributed by atoms with Gasteiger partial charge in [-0.15, -0.1) is 0 Å². The van der Waals surface area contributed by atoms with Gasteiger partial charge in [0.2, 0.25) is 0 Å². The molecule has 0 saturated carbocycles. The van der Waals surface area contributed by atoms with Crippen LogP contribution in [0, 0.1) is 29.1 Å². The molecular formula is C25H38O5. The number of cyclic esters (lactones) is 1. The van der Waals surface area contributed by atoms with Gasteiger partial charge < -0.3 is 14.6 Å². The molecule has 1 aliphatic heterocycles. The van der Waals surface area contributed by atoms with Crippen molar-refractivity contribution >= 4 is 11.9 Å². The number of carbonyl (C=O) groups excluding carboxylic acids is 2. The predicted octanol–water partition coefficient (Wildman–Crippen LogP) is 4.59. The Hall–Kier alpha value is -1.62. The number of aliphatic hydroxyl groups excluding tert-OH is 1. The molecule has 168 valence electrons. The molecule has 0 spiro atoms. The van der Waals surface area contributed by atoms with Crippen LogP contribution in [0.5, 0.6) is 0 Å². The average molecular weight is 425 g/mol. The molecular weight excluding hydrogens is 380 g/mol. The van der Waals surface area contributed by atoms with Crippen LogP contribution >= 0.6 is 0 Å². The zero-order valence-corrected chi connectivity index (χ0v) is 18.1. The Morgan fingerprint density at radius 2 is 2.10 bits per heavy atom. The first-order chi connectivity index (χ1) is 16.6. The third-order valence-electron chi connectivity index (χ3n) is 6.79. The third kappa shape index (κ3) is 5.16. The molecule has 1 saturated heterocycles. The average Bonchev–Trinajstić information content (AvgIpc) is 2.71. The van der Waals surface area contributed by atoms with Gasteiger partial charge in [0, 0.05) is 20.6 Å². The number of hydrogen-bond donors (Lipinski definition) is 1. The summed E-state index contributed by atoms with van der Waals surface area (Å²) in [5, 5.41) is 9.96. The Morgan fingerprint density at radius 3 is 2.77 bits per heavy atom. The molecule has 3 aliphatic rings. The van der Waals surface area contributed by atoms with E-state index in [2.05, 4.69) is 19.1 Å². The summed E-state index contributed by atoms with van der Waals surface area (Å²) in [6, 6.07) is 0. The van der Waals surface area contributed by atoms with Crippen LogP contribution in [0.3, 0.4) is 0 Å². The van der Waals surface area contributed by atoms with Crippen LogP contribution in [0.4, 0.5) is 0 Å². The van der Waals surface area contributed by atoms with Crippen LogP contribution in [0.25, 0.3) is 0 Å². The van der Waals surface area contributed by atoms with E-state index in [1.807, 2.05) is 13.0 Å². The second-order valence-electron chi connectivity index (χ2n) is 9.27. The van der Waals surface area contributed by atoms with E-state index in [0.29, 0.717) is 25.7 Å². The van der Waals surface area contributed by atoms with Crippen molar-refractivity contribution < 1.29 is 32.4 Å². The monoisotopic (exact) mass is 424 g/mol. The summed E-state index contributed by atoms with van der Waals surface area (Å²) in [6.07, 6.45) is 6.02. The number of carbonyl (C=O) groups is 2. The number of esters is 2. The van der Waals surface area contributed by atoms with Crippen LogP contribution in [0.1, 0.15) is 81.2 Å². The third-order valence-corrected chi connectivity index (χ3v) is 6.79. The molecule has 0 aromatic heterocycles. The van der Waals surface area contributed by atoms with E-state index in [1.165, 1.54) is 6.92 Å². The molecule has 5 heteroatoms. The highest BCUT2D eigenvalue weighted by molar-refractivity contribution is 5.76. The normalized spacial score (nSPS) is 40.3. The number of rotatable bonds is 6. The summed E-state index contributed by atoms with van der Waals surface area (Å²) in [4.78, 5) is 25.2.